The van der Waals surface area contributed by atoms with Crippen molar-refractivity contribution in [2.75, 3.05) is 0 Å². The molecule has 10 heteroatoms. The van der Waals surface area contributed by atoms with E-state index in [4.69, 9.17) is 33.1 Å². The summed E-state index contributed by atoms with van der Waals surface area (Å²) in [6, 6.07) is 25.1. The number of rotatable bonds is 6. The van der Waals surface area contributed by atoms with Gasteiger partial charge in [0, 0.05) is 34.1 Å². The monoisotopic (exact) mass is 562 g/mol. The summed E-state index contributed by atoms with van der Waals surface area (Å²) in [6.45, 7) is 2.05. The molecule has 0 radical (unpaired) electrons. The van der Waals surface area contributed by atoms with E-state index in [1.54, 1.807) is 0 Å². The second kappa shape index (κ2) is 12.8. The van der Waals surface area contributed by atoms with Crippen molar-refractivity contribution in [1.82, 2.24) is 5.32 Å². The Morgan fingerprint density at radius 1 is 0.921 bits per heavy atom. The first-order chi connectivity index (χ1) is 18.0. The summed E-state index contributed by atoms with van der Waals surface area (Å²) < 4.78 is 31.5. The van der Waals surface area contributed by atoms with E-state index < -0.39 is 12.1 Å². The van der Waals surface area contributed by atoms with Crippen LogP contribution in [0.4, 0.5) is 13.2 Å². The number of halogens is 5. The van der Waals surface area contributed by atoms with Crippen LogP contribution in [0, 0.1) is 0 Å². The summed E-state index contributed by atoms with van der Waals surface area (Å²) in [5.41, 5.74) is 3.87. The lowest BCUT2D eigenvalue weighted by molar-refractivity contribution is -0.344. The van der Waals surface area contributed by atoms with Gasteiger partial charge >= 0.3 is 6.18 Å². The van der Waals surface area contributed by atoms with Gasteiger partial charge in [0.15, 0.2) is 6.20 Å². The van der Waals surface area contributed by atoms with Gasteiger partial charge in [0.25, 0.3) is 5.91 Å². The third-order valence-corrected chi connectivity index (χ3v) is 6.31. The van der Waals surface area contributed by atoms with E-state index in [2.05, 4.69) is 10.3 Å². The highest BCUT2D eigenvalue weighted by molar-refractivity contribution is 6.30. The molecule has 0 aliphatic rings. The Morgan fingerprint density at radius 3 is 2.08 bits per heavy atom. The minimum Gasteiger partial charge on any atom is -0.542 e. The standard InChI is InChI=1S/C26H22Cl2N2O.C2HF3O2/c1-17(30-26(31)23-4-2-6-25-22(23)5-3-15-29-25)24(19-9-13-21(28)14-10-19)16-18-7-11-20(27)12-8-18;3-2(4,5)1(6)7/h2-15,17,24H,16H2,1H3,(H,30,31);(H,6,7)/t17-,24+;/m1./s1. The lowest BCUT2D eigenvalue weighted by Gasteiger charge is -2.26. The van der Waals surface area contributed by atoms with Crippen molar-refractivity contribution < 1.29 is 32.9 Å². The van der Waals surface area contributed by atoms with Crippen LogP contribution in [0.25, 0.3) is 10.9 Å². The number of hydrogen-bond donors (Lipinski definition) is 1. The number of nitrogens with one attached hydrogen (secondary N) is 2. The molecule has 38 heavy (non-hydrogen) atoms. The van der Waals surface area contributed by atoms with E-state index in [9.17, 15) is 18.0 Å². The van der Waals surface area contributed by atoms with Gasteiger partial charge in [-0.15, -0.1) is 0 Å². The minimum absolute atomic E-state index is 0.0731. The minimum atomic E-state index is -5.19. The van der Waals surface area contributed by atoms with Crippen LogP contribution in [0.2, 0.25) is 10.0 Å². The summed E-state index contributed by atoms with van der Waals surface area (Å²) in [4.78, 5) is 25.2. The number of aliphatic carboxylic acids is 1. The molecule has 3 aromatic carbocycles. The quantitative estimate of drug-likeness (QED) is 0.341. The lowest BCUT2D eigenvalue weighted by atomic mass is 9.86. The Labute approximate surface area is 227 Å². The number of carboxylic acids is 1. The van der Waals surface area contributed by atoms with Crippen LogP contribution in [0.1, 0.15) is 34.3 Å². The van der Waals surface area contributed by atoms with Crippen LogP contribution in [0.3, 0.4) is 0 Å². The number of amides is 1. The van der Waals surface area contributed by atoms with Gasteiger partial charge < -0.3 is 15.2 Å². The van der Waals surface area contributed by atoms with Gasteiger partial charge in [-0.25, -0.2) is 4.98 Å². The van der Waals surface area contributed by atoms with E-state index in [0.29, 0.717) is 15.6 Å². The molecule has 0 saturated carbocycles. The van der Waals surface area contributed by atoms with Crippen molar-refractivity contribution in [2.24, 2.45) is 0 Å². The van der Waals surface area contributed by atoms with Gasteiger partial charge in [-0.1, -0.05) is 53.5 Å². The van der Waals surface area contributed by atoms with Gasteiger partial charge in [0.2, 0.25) is 5.52 Å². The molecule has 4 rings (SSSR count). The molecule has 2 N–H and O–H groups in total. The number of alkyl halides is 3. The Kier molecular flexibility index (Phi) is 9.72. The van der Waals surface area contributed by atoms with E-state index >= 15 is 0 Å². The summed E-state index contributed by atoms with van der Waals surface area (Å²) in [5, 5.41) is 14.3. The summed E-state index contributed by atoms with van der Waals surface area (Å²) in [6.07, 6.45) is -2.57. The Bertz CT molecular complexity index is 1390. The Morgan fingerprint density at radius 2 is 1.50 bits per heavy atom. The van der Waals surface area contributed by atoms with Crippen molar-refractivity contribution in [3.05, 3.63) is 112 Å². The number of carbonyl (C=O) groups excluding carboxylic acids is 2. The van der Waals surface area contributed by atoms with Crippen molar-refractivity contribution >= 4 is 46.0 Å². The normalized spacial score (nSPS) is 12.7. The Hall–Kier alpha value is -3.62. The molecule has 5 nitrogen and oxygen atoms in total. The van der Waals surface area contributed by atoms with Gasteiger partial charge in [-0.2, -0.15) is 13.2 Å². The second-order valence-electron chi connectivity index (χ2n) is 8.47. The molecule has 4 aromatic rings. The average Bonchev–Trinajstić information content (AvgIpc) is 2.88. The van der Waals surface area contributed by atoms with E-state index in [-0.39, 0.29) is 17.9 Å². The zero-order valence-electron chi connectivity index (χ0n) is 20.1. The number of aromatic amines is 1. The third-order valence-electron chi connectivity index (χ3n) is 5.81. The molecular formula is C28H23Cl2F3N2O3. The van der Waals surface area contributed by atoms with Crippen LogP contribution >= 0.6 is 23.2 Å². The summed E-state index contributed by atoms with van der Waals surface area (Å²) >= 11 is 12.2. The molecule has 0 aliphatic carbocycles. The molecule has 1 aromatic heterocycles. The first-order valence-corrected chi connectivity index (χ1v) is 12.2. The Balaban J connectivity index is 0.000000505. The van der Waals surface area contributed by atoms with Crippen LogP contribution < -0.4 is 15.4 Å². The maximum absolute atomic E-state index is 13.2. The fourth-order valence-electron chi connectivity index (χ4n) is 3.90. The number of hydrogen-bond acceptors (Lipinski definition) is 3. The van der Waals surface area contributed by atoms with E-state index in [1.165, 1.54) is 0 Å². The highest BCUT2D eigenvalue weighted by Gasteiger charge is 2.29. The molecule has 0 bridgehead atoms. The van der Waals surface area contributed by atoms with Gasteiger partial charge in [0.05, 0.1) is 10.9 Å². The van der Waals surface area contributed by atoms with Gasteiger partial charge in [-0.05, 0) is 60.9 Å². The molecular weight excluding hydrogens is 540 g/mol. The van der Waals surface area contributed by atoms with Crippen LogP contribution in [-0.2, 0) is 11.2 Å². The van der Waals surface area contributed by atoms with Crippen LogP contribution in [0.5, 0.6) is 0 Å². The molecule has 198 valence electrons. The molecule has 0 spiro atoms. The van der Waals surface area contributed by atoms with Crippen molar-refractivity contribution in [2.45, 2.75) is 31.5 Å². The number of H-pyrrole nitrogens is 1. The number of aromatic nitrogens is 1. The summed E-state index contributed by atoms with van der Waals surface area (Å²) in [7, 11) is 0. The zero-order chi connectivity index (χ0) is 27.9. The third kappa shape index (κ3) is 7.94. The molecule has 1 heterocycles. The van der Waals surface area contributed by atoms with Gasteiger partial charge in [-0.3, -0.25) is 4.79 Å². The SMILES string of the molecule is C[C@@H](NC(=O)c1cccc2[nH+]cccc12)[C@H](Cc1ccc(Cl)cc1)c1ccc(Cl)cc1.O=C([O-])C(F)(F)F. The first kappa shape index (κ1) is 28.9. The van der Waals surface area contributed by atoms with Crippen LogP contribution in [-0.4, -0.2) is 24.1 Å². The molecule has 2 atom stereocenters. The smallest absolute Gasteiger partial charge is 0.430 e. The molecule has 0 unspecified atom stereocenters. The van der Waals surface area contributed by atoms with E-state index in [1.807, 2.05) is 92.0 Å². The number of benzene rings is 3. The van der Waals surface area contributed by atoms with Crippen molar-refractivity contribution in [3.63, 3.8) is 0 Å². The number of pyridine rings is 1. The maximum Gasteiger partial charge on any atom is 0.430 e. The highest BCUT2D eigenvalue weighted by atomic mass is 35.5. The van der Waals surface area contributed by atoms with Crippen molar-refractivity contribution in [3.8, 4) is 0 Å². The van der Waals surface area contributed by atoms with Gasteiger partial charge in [0.1, 0.15) is 5.97 Å². The fraction of sp³-hybridized carbons (Fsp3) is 0.179. The first-order valence-electron chi connectivity index (χ1n) is 11.4. The van der Waals surface area contributed by atoms with Crippen molar-refractivity contribution in [1.29, 1.82) is 0 Å². The largest absolute Gasteiger partial charge is 0.542 e. The predicted molar refractivity (Wildman–Crippen MR) is 138 cm³/mol. The highest BCUT2D eigenvalue weighted by Crippen LogP contribution is 2.27. The summed E-state index contributed by atoms with van der Waals surface area (Å²) in [5.74, 6) is -3.02. The predicted octanol–water partition coefficient (Wildman–Crippen LogP) is 5.40. The zero-order valence-corrected chi connectivity index (χ0v) is 21.6. The van der Waals surface area contributed by atoms with Crippen LogP contribution in [0.15, 0.2) is 85.1 Å². The maximum atomic E-state index is 13.2. The number of carbonyl (C=O) groups is 2. The molecule has 0 fully saturated rings. The molecule has 1 amide bonds. The molecule has 0 aliphatic heterocycles. The second-order valence-corrected chi connectivity index (χ2v) is 9.35. The number of fused-ring (bicyclic) bond motifs is 1. The lowest BCUT2D eigenvalue weighted by Crippen LogP contribution is -2.38. The molecule has 0 saturated heterocycles. The fourth-order valence-corrected chi connectivity index (χ4v) is 4.16. The topological polar surface area (TPSA) is 83.4 Å². The average molecular weight is 563 g/mol. The number of carboxylic acid groups (broad SMARTS) is 1. The van der Waals surface area contributed by atoms with E-state index in [0.717, 1.165) is 28.5 Å².